The highest BCUT2D eigenvalue weighted by molar-refractivity contribution is 9.10. The van der Waals surface area contributed by atoms with Gasteiger partial charge in [0, 0.05) is 19.7 Å². The summed E-state index contributed by atoms with van der Waals surface area (Å²) >= 11 is 3.36. The Hall–Kier alpha value is -1.19. The highest BCUT2D eigenvalue weighted by Crippen LogP contribution is 2.39. The third-order valence-corrected chi connectivity index (χ3v) is 5.35. The van der Waals surface area contributed by atoms with E-state index in [4.69, 9.17) is 10.00 Å². The first-order valence-corrected chi connectivity index (χ1v) is 7.70. The smallest absolute Gasteiger partial charge is 0.226 e. The van der Waals surface area contributed by atoms with Crippen LogP contribution in [0.3, 0.4) is 0 Å². The number of aromatic nitrogens is 2. The van der Waals surface area contributed by atoms with Crippen LogP contribution >= 0.6 is 15.9 Å². The van der Waals surface area contributed by atoms with Crippen LogP contribution in [0, 0.1) is 23.7 Å². The minimum atomic E-state index is 0.374. The summed E-state index contributed by atoms with van der Waals surface area (Å²) in [5.74, 6) is 0.677. The molecule has 2 fully saturated rings. The molecule has 5 nitrogen and oxygen atoms in total. The molecule has 20 heavy (non-hydrogen) atoms. The monoisotopic (exact) mass is 336 g/mol. The van der Waals surface area contributed by atoms with Gasteiger partial charge in [0.05, 0.1) is 16.8 Å². The van der Waals surface area contributed by atoms with Gasteiger partial charge in [0.25, 0.3) is 0 Å². The zero-order chi connectivity index (χ0) is 14.2. The van der Waals surface area contributed by atoms with Crippen LogP contribution in [0.1, 0.15) is 30.7 Å². The van der Waals surface area contributed by atoms with E-state index < -0.39 is 0 Å². The number of piperidine rings is 1. The van der Waals surface area contributed by atoms with E-state index in [0.29, 0.717) is 21.5 Å². The molecule has 106 valence electrons. The zero-order valence-corrected chi connectivity index (χ0v) is 13.1. The van der Waals surface area contributed by atoms with Crippen LogP contribution in [0.2, 0.25) is 0 Å². The van der Waals surface area contributed by atoms with Crippen molar-refractivity contribution in [3.05, 3.63) is 15.9 Å². The van der Waals surface area contributed by atoms with E-state index in [1.807, 2.05) is 6.92 Å². The van der Waals surface area contributed by atoms with Crippen molar-refractivity contribution in [2.45, 2.75) is 26.2 Å². The fourth-order valence-corrected chi connectivity index (χ4v) is 3.25. The molecule has 2 saturated heterocycles. The molecule has 2 aliphatic heterocycles. The quantitative estimate of drug-likeness (QED) is 0.788. The summed E-state index contributed by atoms with van der Waals surface area (Å²) in [7, 11) is 0. The second kappa shape index (κ2) is 5.30. The Kier molecular flexibility index (Phi) is 3.65. The van der Waals surface area contributed by atoms with Gasteiger partial charge in [-0.3, -0.25) is 0 Å². The first-order valence-electron chi connectivity index (χ1n) is 6.90. The third kappa shape index (κ3) is 2.40. The number of rotatable bonds is 1. The van der Waals surface area contributed by atoms with Crippen molar-refractivity contribution in [2.24, 2.45) is 5.41 Å². The lowest BCUT2D eigenvalue weighted by Crippen LogP contribution is -2.41. The molecule has 0 radical (unpaired) electrons. The fourth-order valence-electron chi connectivity index (χ4n) is 2.98. The van der Waals surface area contributed by atoms with Gasteiger partial charge in [0.1, 0.15) is 6.07 Å². The maximum Gasteiger partial charge on any atom is 0.226 e. The molecule has 0 unspecified atom stereocenters. The minimum Gasteiger partial charge on any atom is -0.381 e. The maximum absolute atomic E-state index is 9.13. The van der Waals surface area contributed by atoms with Crippen LogP contribution in [0.15, 0.2) is 4.47 Å². The van der Waals surface area contributed by atoms with Gasteiger partial charge in [-0.05, 0) is 47.5 Å². The average Bonchev–Trinajstić information content (AvgIpc) is 2.91. The summed E-state index contributed by atoms with van der Waals surface area (Å²) in [6.45, 7) is 5.56. The van der Waals surface area contributed by atoms with E-state index in [2.05, 4.69) is 36.9 Å². The topological polar surface area (TPSA) is 62.0 Å². The van der Waals surface area contributed by atoms with Gasteiger partial charge >= 0.3 is 0 Å². The molecule has 1 aromatic rings. The van der Waals surface area contributed by atoms with E-state index >= 15 is 0 Å². The number of hydrogen-bond acceptors (Lipinski definition) is 5. The Morgan fingerprint density at radius 1 is 1.30 bits per heavy atom. The molecule has 3 rings (SSSR count). The van der Waals surface area contributed by atoms with Crippen molar-refractivity contribution in [2.75, 3.05) is 31.2 Å². The molecule has 2 aliphatic rings. The number of anilines is 1. The van der Waals surface area contributed by atoms with Gasteiger partial charge in [0.2, 0.25) is 5.95 Å². The van der Waals surface area contributed by atoms with Crippen molar-refractivity contribution in [3.8, 4) is 6.07 Å². The van der Waals surface area contributed by atoms with Crippen LogP contribution in [-0.4, -0.2) is 36.3 Å². The Balaban J connectivity index is 1.78. The number of ether oxygens (including phenoxy) is 1. The molecule has 3 heterocycles. The van der Waals surface area contributed by atoms with Crippen LogP contribution < -0.4 is 4.90 Å². The number of nitrogens with zero attached hydrogens (tertiary/aromatic N) is 4. The van der Waals surface area contributed by atoms with Gasteiger partial charge in [-0.15, -0.1) is 0 Å². The largest absolute Gasteiger partial charge is 0.381 e. The highest BCUT2D eigenvalue weighted by Gasteiger charge is 2.38. The lowest BCUT2D eigenvalue weighted by molar-refractivity contribution is 0.133. The van der Waals surface area contributed by atoms with Crippen LogP contribution in [-0.2, 0) is 4.74 Å². The molecular formula is C14H17BrN4O. The van der Waals surface area contributed by atoms with Gasteiger partial charge < -0.3 is 9.64 Å². The molecule has 0 aromatic carbocycles. The number of nitriles is 1. The van der Waals surface area contributed by atoms with Crippen LogP contribution in [0.5, 0.6) is 0 Å². The van der Waals surface area contributed by atoms with Gasteiger partial charge in [-0.25, -0.2) is 9.97 Å². The van der Waals surface area contributed by atoms with Gasteiger partial charge in [0.15, 0.2) is 5.69 Å². The predicted molar refractivity (Wildman–Crippen MR) is 78.5 cm³/mol. The van der Waals surface area contributed by atoms with Crippen molar-refractivity contribution < 1.29 is 4.74 Å². The highest BCUT2D eigenvalue weighted by atomic mass is 79.9. The third-order valence-electron chi connectivity index (χ3n) is 4.40. The summed E-state index contributed by atoms with van der Waals surface area (Å²) in [4.78, 5) is 11.1. The molecule has 1 aromatic heterocycles. The van der Waals surface area contributed by atoms with Crippen molar-refractivity contribution in [1.82, 2.24) is 9.97 Å². The fraction of sp³-hybridized carbons (Fsp3) is 0.643. The molecule has 0 N–H and O–H groups in total. The van der Waals surface area contributed by atoms with Crippen molar-refractivity contribution in [3.63, 3.8) is 0 Å². The molecule has 0 amide bonds. The number of aryl methyl sites for hydroxylation is 1. The normalized spacial score (nSPS) is 21.1. The lowest BCUT2D eigenvalue weighted by atomic mass is 9.78. The predicted octanol–water partition coefficient (Wildman–Crippen LogP) is 2.43. The van der Waals surface area contributed by atoms with E-state index in [9.17, 15) is 0 Å². The molecular weight excluding hydrogens is 320 g/mol. The van der Waals surface area contributed by atoms with Crippen LogP contribution in [0.25, 0.3) is 0 Å². The SMILES string of the molecule is Cc1nc(N2CCC3(CCOC3)CC2)nc(C#N)c1Br. The van der Waals surface area contributed by atoms with Crippen LogP contribution in [0.4, 0.5) is 5.95 Å². The van der Waals surface area contributed by atoms with E-state index in [1.54, 1.807) is 0 Å². The van der Waals surface area contributed by atoms with E-state index in [0.717, 1.165) is 44.8 Å². The Morgan fingerprint density at radius 3 is 2.65 bits per heavy atom. The first-order chi connectivity index (χ1) is 9.63. The summed E-state index contributed by atoms with van der Waals surface area (Å²) in [6, 6.07) is 2.12. The lowest BCUT2D eigenvalue weighted by Gasteiger charge is -2.38. The van der Waals surface area contributed by atoms with E-state index in [1.165, 1.54) is 6.42 Å². The molecule has 0 aliphatic carbocycles. The van der Waals surface area contributed by atoms with Crippen molar-refractivity contribution >= 4 is 21.9 Å². The Bertz CT molecular complexity index is 553. The zero-order valence-electron chi connectivity index (χ0n) is 11.5. The first kappa shape index (κ1) is 13.8. The average molecular weight is 337 g/mol. The van der Waals surface area contributed by atoms with Crippen molar-refractivity contribution in [1.29, 1.82) is 5.26 Å². The second-order valence-corrected chi connectivity index (χ2v) is 6.47. The van der Waals surface area contributed by atoms with Gasteiger partial charge in [-0.2, -0.15) is 5.26 Å². The number of halogens is 1. The molecule has 0 atom stereocenters. The minimum absolute atomic E-state index is 0.374. The maximum atomic E-state index is 9.13. The van der Waals surface area contributed by atoms with Gasteiger partial charge in [-0.1, -0.05) is 0 Å². The second-order valence-electron chi connectivity index (χ2n) is 5.67. The summed E-state index contributed by atoms with van der Waals surface area (Å²) < 4.78 is 6.25. The summed E-state index contributed by atoms with van der Waals surface area (Å²) in [5.41, 5.74) is 1.60. The molecule has 6 heteroatoms. The summed E-state index contributed by atoms with van der Waals surface area (Å²) in [5, 5.41) is 9.13. The summed E-state index contributed by atoms with van der Waals surface area (Å²) in [6.07, 6.45) is 3.41. The Morgan fingerprint density at radius 2 is 2.05 bits per heavy atom. The number of hydrogen-bond donors (Lipinski definition) is 0. The Labute approximate surface area is 127 Å². The molecule has 0 bridgehead atoms. The standard InChI is InChI=1S/C14H17BrN4O/c1-10-12(15)11(8-16)18-13(17-10)19-5-2-14(3-6-19)4-7-20-9-14/h2-7,9H2,1H3. The van der Waals surface area contributed by atoms with E-state index in [-0.39, 0.29) is 0 Å². The molecule has 0 saturated carbocycles. The molecule has 1 spiro atoms.